The van der Waals surface area contributed by atoms with E-state index < -0.39 is 11.4 Å². The molecule has 1 aromatic rings. The third kappa shape index (κ3) is 1.81. The maximum atomic E-state index is 11.1. The largest absolute Gasteiger partial charge is 0.481 e. The average Bonchev–Trinajstić information content (AvgIpc) is 2.99. The predicted octanol–water partition coefficient (Wildman–Crippen LogP) is 2.49. The average molecular weight is 223 g/mol. The van der Waals surface area contributed by atoms with Crippen molar-refractivity contribution in [2.45, 2.75) is 18.3 Å². The fraction of sp³-hybridized carbons (Fsp3) is 0.364. The molecule has 0 amide bonds. The van der Waals surface area contributed by atoms with Gasteiger partial charge < -0.3 is 9.83 Å². The van der Waals surface area contributed by atoms with E-state index in [4.69, 9.17) is 5.11 Å². The molecule has 0 heterocycles. The van der Waals surface area contributed by atoms with Gasteiger partial charge in [-0.3, -0.25) is 4.79 Å². The van der Waals surface area contributed by atoms with Gasteiger partial charge in [0, 0.05) is 11.9 Å². The highest BCUT2D eigenvalue weighted by molar-refractivity contribution is 7.99. The van der Waals surface area contributed by atoms with Gasteiger partial charge in [0.25, 0.3) is 0 Å². The summed E-state index contributed by atoms with van der Waals surface area (Å²) in [4.78, 5) is 11.1. The normalized spacial score (nSPS) is 17.1. The minimum absolute atomic E-state index is 0.601. The topological polar surface area (TPSA) is 49.3 Å². The van der Waals surface area contributed by atoms with Crippen molar-refractivity contribution < 1.29 is 9.90 Å². The van der Waals surface area contributed by atoms with Crippen LogP contribution in [0.1, 0.15) is 18.4 Å². The maximum absolute atomic E-state index is 11.1. The molecule has 0 radical (unpaired) electrons. The van der Waals surface area contributed by atoms with Crippen LogP contribution in [0.15, 0.2) is 24.3 Å². The van der Waals surface area contributed by atoms with E-state index in [-0.39, 0.29) is 0 Å². The van der Waals surface area contributed by atoms with Crippen LogP contribution in [0.4, 0.5) is 5.69 Å². The highest BCUT2D eigenvalue weighted by Crippen LogP contribution is 2.48. The fourth-order valence-electron chi connectivity index (χ4n) is 1.75. The second-order valence-corrected chi connectivity index (χ2v) is 4.39. The predicted molar refractivity (Wildman–Crippen MR) is 62.1 cm³/mol. The number of benzene rings is 1. The number of carboxylic acids is 1. The Labute approximate surface area is 93.0 Å². The van der Waals surface area contributed by atoms with Crippen molar-refractivity contribution in [2.75, 3.05) is 11.0 Å². The van der Waals surface area contributed by atoms with Gasteiger partial charge in [0.1, 0.15) is 0 Å². The summed E-state index contributed by atoms with van der Waals surface area (Å²) in [5, 5.41) is 9.15. The van der Waals surface area contributed by atoms with Crippen molar-refractivity contribution in [1.82, 2.24) is 0 Å². The Bertz CT molecular complexity index is 388. The molecule has 1 aromatic carbocycles. The van der Waals surface area contributed by atoms with Crippen LogP contribution in [0.3, 0.4) is 0 Å². The number of nitrogens with one attached hydrogen (secondary N) is 1. The van der Waals surface area contributed by atoms with Crippen LogP contribution >= 0.6 is 11.9 Å². The smallest absolute Gasteiger partial charge is 0.314 e. The molecule has 0 aromatic heterocycles. The minimum Gasteiger partial charge on any atom is -0.481 e. The molecule has 1 fully saturated rings. The molecule has 0 bridgehead atoms. The number of carbonyl (C=O) groups is 1. The van der Waals surface area contributed by atoms with Crippen LogP contribution < -0.4 is 4.72 Å². The second-order valence-electron chi connectivity index (χ2n) is 3.77. The molecule has 0 unspecified atom stereocenters. The minimum atomic E-state index is -0.705. The van der Waals surface area contributed by atoms with Crippen LogP contribution in [0.5, 0.6) is 0 Å². The molecule has 0 aliphatic heterocycles. The number of anilines is 1. The zero-order valence-corrected chi connectivity index (χ0v) is 9.30. The Morgan fingerprint density at radius 2 is 2.27 bits per heavy atom. The number of hydrogen-bond acceptors (Lipinski definition) is 3. The first-order chi connectivity index (χ1) is 7.19. The van der Waals surface area contributed by atoms with E-state index in [1.165, 1.54) is 11.9 Å². The lowest BCUT2D eigenvalue weighted by atomic mass is 9.96. The lowest BCUT2D eigenvalue weighted by Crippen LogP contribution is -2.19. The van der Waals surface area contributed by atoms with E-state index in [1.54, 1.807) is 0 Å². The number of hydrogen-bond donors (Lipinski definition) is 2. The Morgan fingerprint density at radius 3 is 2.80 bits per heavy atom. The summed E-state index contributed by atoms with van der Waals surface area (Å²) in [6.07, 6.45) is 3.45. The lowest BCUT2D eigenvalue weighted by molar-refractivity contribution is -0.140. The van der Waals surface area contributed by atoms with Crippen molar-refractivity contribution in [3.05, 3.63) is 29.8 Å². The molecule has 1 aliphatic carbocycles. The van der Waals surface area contributed by atoms with Gasteiger partial charge >= 0.3 is 5.97 Å². The van der Waals surface area contributed by atoms with Gasteiger partial charge in [-0.25, -0.2) is 0 Å². The molecular weight excluding hydrogens is 210 g/mol. The van der Waals surface area contributed by atoms with Crippen molar-refractivity contribution in [3.8, 4) is 0 Å². The van der Waals surface area contributed by atoms with Gasteiger partial charge in [-0.1, -0.05) is 24.1 Å². The number of rotatable bonds is 4. The van der Waals surface area contributed by atoms with Crippen molar-refractivity contribution in [2.24, 2.45) is 0 Å². The monoisotopic (exact) mass is 223 g/mol. The highest BCUT2D eigenvalue weighted by atomic mass is 32.2. The Kier molecular flexibility index (Phi) is 2.61. The van der Waals surface area contributed by atoms with E-state index in [9.17, 15) is 4.79 Å². The third-order valence-electron chi connectivity index (χ3n) is 2.79. The Balaban J connectivity index is 2.29. The van der Waals surface area contributed by atoms with E-state index in [1.807, 2.05) is 30.5 Å². The summed E-state index contributed by atoms with van der Waals surface area (Å²) >= 11 is 1.51. The third-order valence-corrected chi connectivity index (χ3v) is 3.23. The quantitative estimate of drug-likeness (QED) is 0.770. The molecule has 1 aliphatic rings. The van der Waals surface area contributed by atoms with E-state index in [2.05, 4.69) is 4.72 Å². The molecule has 4 heteroatoms. The van der Waals surface area contributed by atoms with Crippen LogP contribution in [-0.2, 0) is 10.2 Å². The Hall–Kier alpha value is -1.16. The number of aliphatic carboxylic acids is 1. The molecule has 0 spiro atoms. The van der Waals surface area contributed by atoms with Crippen LogP contribution in [0, 0.1) is 0 Å². The van der Waals surface area contributed by atoms with Gasteiger partial charge in [-0.05, 0) is 30.5 Å². The second kappa shape index (κ2) is 3.77. The molecule has 2 N–H and O–H groups in total. The summed E-state index contributed by atoms with van der Waals surface area (Å²) < 4.78 is 3.11. The zero-order valence-electron chi connectivity index (χ0n) is 8.49. The molecule has 15 heavy (non-hydrogen) atoms. The summed E-state index contributed by atoms with van der Waals surface area (Å²) in [6, 6.07) is 7.67. The molecular formula is C11H13NO2S. The summed E-state index contributed by atoms with van der Waals surface area (Å²) in [5.41, 5.74) is 1.28. The molecule has 0 saturated heterocycles. The number of carboxylic acid groups (broad SMARTS) is 1. The molecule has 3 nitrogen and oxygen atoms in total. The Morgan fingerprint density at radius 1 is 1.53 bits per heavy atom. The first-order valence-electron chi connectivity index (χ1n) is 4.82. The van der Waals surface area contributed by atoms with E-state index in [0.29, 0.717) is 0 Å². The van der Waals surface area contributed by atoms with Gasteiger partial charge in [-0.15, -0.1) is 0 Å². The zero-order chi connectivity index (χ0) is 10.9. The van der Waals surface area contributed by atoms with Crippen molar-refractivity contribution in [3.63, 3.8) is 0 Å². The van der Waals surface area contributed by atoms with Gasteiger partial charge in [0.15, 0.2) is 0 Å². The van der Waals surface area contributed by atoms with Gasteiger partial charge in [0.2, 0.25) is 0 Å². The van der Waals surface area contributed by atoms with Gasteiger partial charge in [-0.2, -0.15) is 0 Å². The van der Waals surface area contributed by atoms with E-state index in [0.717, 1.165) is 24.1 Å². The summed E-state index contributed by atoms with van der Waals surface area (Å²) in [7, 11) is 0. The molecule has 2 rings (SSSR count). The maximum Gasteiger partial charge on any atom is 0.314 e. The lowest BCUT2D eigenvalue weighted by Gasteiger charge is -2.11. The van der Waals surface area contributed by atoms with Crippen LogP contribution in [0.25, 0.3) is 0 Å². The highest BCUT2D eigenvalue weighted by Gasteiger charge is 2.51. The van der Waals surface area contributed by atoms with Crippen molar-refractivity contribution >= 4 is 23.6 Å². The van der Waals surface area contributed by atoms with Gasteiger partial charge in [0.05, 0.1) is 5.41 Å². The van der Waals surface area contributed by atoms with Crippen LogP contribution in [-0.4, -0.2) is 17.3 Å². The summed E-state index contributed by atoms with van der Waals surface area (Å²) in [5.74, 6) is -0.705. The standard InChI is InChI=1S/C11H13NO2S/c1-15-12-9-4-2-3-8(7-9)11(5-6-11)10(13)14/h2-4,7,12H,5-6H2,1H3,(H,13,14). The fourth-order valence-corrected chi connectivity index (χ4v) is 2.11. The van der Waals surface area contributed by atoms with Crippen LogP contribution in [0.2, 0.25) is 0 Å². The molecule has 0 atom stereocenters. The summed E-state index contributed by atoms with van der Waals surface area (Å²) in [6.45, 7) is 0. The van der Waals surface area contributed by atoms with Crippen molar-refractivity contribution in [1.29, 1.82) is 0 Å². The SMILES string of the molecule is CSNc1cccc(C2(C(=O)O)CC2)c1. The molecule has 1 saturated carbocycles. The van der Waals surface area contributed by atoms with E-state index >= 15 is 0 Å². The molecule has 80 valence electrons. The first-order valence-corrected chi connectivity index (χ1v) is 6.04. The first kappa shape index (κ1) is 10.4.